The summed E-state index contributed by atoms with van der Waals surface area (Å²) in [6, 6.07) is 7.73. The molecule has 0 aliphatic rings. The fourth-order valence-electron chi connectivity index (χ4n) is 2.34. The third kappa shape index (κ3) is 2.57. The fraction of sp³-hybridized carbons (Fsp3) is 0.133. The third-order valence-electron chi connectivity index (χ3n) is 3.38. The number of benzene rings is 1. The van der Waals surface area contributed by atoms with E-state index in [2.05, 4.69) is 20.9 Å². The molecule has 0 aliphatic carbocycles. The number of thiophene rings is 1. The monoisotopic (exact) mass is 377 g/mol. The summed E-state index contributed by atoms with van der Waals surface area (Å²) < 4.78 is 2.49. The van der Waals surface area contributed by atoms with Gasteiger partial charge in [0, 0.05) is 4.47 Å². The van der Waals surface area contributed by atoms with Crippen molar-refractivity contribution in [3.05, 3.63) is 61.4 Å². The van der Waals surface area contributed by atoms with Gasteiger partial charge in [0.2, 0.25) is 0 Å². The lowest BCUT2D eigenvalue weighted by atomic mass is 10.2. The van der Waals surface area contributed by atoms with Gasteiger partial charge in [-0.15, -0.1) is 11.3 Å². The Balaban J connectivity index is 2.12. The number of halogens is 1. The number of rotatable bonds is 3. The zero-order chi connectivity index (χ0) is 15.9. The smallest absolute Gasteiger partial charge is 0.262 e. The highest BCUT2D eigenvalue weighted by Gasteiger charge is 2.17. The number of hydrogen-bond donors (Lipinski definition) is 1. The molecule has 5 nitrogen and oxygen atoms in total. The van der Waals surface area contributed by atoms with E-state index in [4.69, 9.17) is 5.73 Å². The average Bonchev–Trinajstić information content (AvgIpc) is 2.80. The Morgan fingerprint density at radius 3 is 2.91 bits per heavy atom. The summed E-state index contributed by atoms with van der Waals surface area (Å²) in [4.78, 5) is 29.3. The zero-order valence-electron chi connectivity index (χ0n) is 11.7. The number of carbonyl (C=O) groups excluding carboxylic acids is 1. The van der Waals surface area contributed by atoms with Crippen LogP contribution in [0.1, 0.15) is 20.8 Å². The van der Waals surface area contributed by atoms with Crippen LogP contribution in [0.3, 0.4) is 0 Å². The second-order valence-corrected chi connectivity index (χ2v) is 6.82. The molecule has 2 N–H and O–H groups in total. The Morgan fingerprint density at radius 1 is 1.45 bits per heavy atom. The van der Waals surface area contributed by atoms with Crippen LogP contribution >= 0.6 is 27.3 Å². The van der Waals surface area contributed by atoms with Crippen LogP contribution in [0, 0.1) is 6.92 Å². The van der Waals surface area contributed by atoms with Crippen molar-refractivity contribution in [1.82, 2.24) is 9.55 Å². The summed E-state index contributed by atoms with van der Waals surface area (Å²) in [5.74, 6) is -0.529. The lowest BCUT2D eigenvalue weighted by Gasteiger charge is -2.06. The number of nitrogens with zero attached hydrogens (tertiary/aromatic N) is 2. The van der Waals surface area contributed by atoms with Crippen molar-refractivity contribution < 1.29 is 4.79 Å². The summed E-state index contributed by atoms with van der Waals surface area (Å²) in [7, 11) is 0. The maximum atomic E-state index is 12.6. The molecule has 0 spiro atoms. The Bertz CT molecular complexity index is 946. The normalized spacial score (nSPS) is 11.0. The molecule has 7 heteroatoms. The molecule has 3 aromatic rings. The quantitative estimate of drug-likeness (QED) is 0.761. The fourth-order valence-corrected chi connectivity index (χ4v) is 3.78. The Labute approximate surface area is 138 Å². The van der Waals surface area contributed by atoms with Gasteiger partial charge < -0.3 is 5.73 Å². The first-order chi connectivity index (χ1) is 10.5. The van der Waals surface area contributed by atoms with E-state index >= 15 is 0 Å². The van der Waals surface area contributed by atoms with E-state index in [1.54, 1.807) is 6.92 Å². The van der Waals surface area contributed by atoms with Crippen LogP contribution in [0.4, 0.5) is 0 Å². The summed E-state index contributed by atoms with van der Waals surface area (Å²) in [5.41, 5.74) is 6.77. The van der Waals surface area contributed by atoms with Crippen molar-refractivity contribution >= 4 is 43.4 Å². The SMILES string of the molecule is Cc1c(C(N)=O)sc2ncn(Cc3cccc(Br)c3)c(=O)c12. The first-order valence-corrected chi connectivity index (χ1v) is 8.11. The molecule has 0 fully saturated rings. The maximum absolute atomic E-state index is 12.6. The molecule has 0 radical (unpaired) electrons. The third-order valence-corrected chi connectivity index (χ3v) is 5.09. The van der Waals surface area contributed by atoms with Crippen molar-refractivity contribution in [2.24, 2.45) is 5.73 Å². The molecule has 3 rings (SSSR count). The molecule has 2 heterocycles. The number of nitrogens with two attached hydrogens (primary N) is 1. The predicted molar refractivity (Wildman–Crippen MR) is 90.4 cm³/mol. The maximum Gasteiger partial charge on any atom is 0.262 e. The number of aromatic nitrogens is 2. The topological polar surface area (TPSA) is 78.0 Å². The van der Waals surface area contributed by atoms with E-state index in [1.807, 2.05) is 24.3 Å². The molecule has 2 aromatic heterocycles. The van der Waals surface area contributed by atoms with Gasteiger partial charge >= 0.3 is 0 Å². The molecular formula is C15H12BrN3O2S. The standard InChI is InChI=1S/C15H12BrN3O2S/c1-8-11-14(22-12(8)13(17)20)18-7-19(15(11)21)6-9-3-2-4-10(16)5-9/h2-5,7H,6H2,1H3,(H2,17,20). The van der Waals surface area contributed by atoms with Gasteiger partial charge in [0.15, 0.2) is 0 Å². The molecule has 0 saturated carbocycles. The zero-order valence-corrected chi connectivity index (χ0v) is 14.1. The van der Waals surface area contributed by atoms with Crippen molar-refractivity contribution in [3.8, 4) is 0 Å². The second-order valence-electron chi connectivity index (χ2n) is 4.91. The van der Waals surface area contributed by atoms with Gasteiger partial charge in [-0.2, -0.15) is 0 Å². The van der Waals surface area contributed by atoms with E-state index in [1.165, 1.54) is 10.9 Å². The minimum atomic E-state index is -0.529. The van der Waals surface area contributed by atoms with Crippen LogP contribution in [0.2, 0.25) is 0 Å². The van der Waals surface area contributed by atoms with Crippen molar-refractivity contribution in [2.45, 2.75) is 13.5 Å². The van der Waals surface area contributed by atoms with Gasteiger partial charge in [-0.3, -0.25) is 14.2 Å². The van der Waals surface area contributed by atoms with Gasteiger partial charge in [0.1, 0.15) is 4.83 Å². The molecular weight excluding hydrogens is 366 g/mol. The Kier molecular flexibility index (Phi) is 3.84. The van der Waals surface area contributed by atoms with E-state index in [9.17, 15) is 9.59 Å². The van der Waals surface area contributed by atoms with Gasteiger partial charge in [-0.1, -0.05) is 28.1 Å². The molecule has 0 aliphatic heterocycles. The summed E-state index contributed by atoms with van der Waals surface area (Å²) in [6.07, 6.45) is 1.51. The molecule has 22 heavy (non-hydrogen) atoms. The largest absolute Gasteiger partial charge is 0.365 e. The van der Waals surface area contributed by atoms with Crippen LogP contribution in [-0.2, 0) is 6.54 Å². The van der Waals surface area contributed by atoms with Gasteiger partial charge in [0.05, 0.1) is 23.1 Å². The highest BCUT2D eigenvalue weighted by atomic mass is 79.9. The lowest BCUT2D eigenvalue weighted by Crippen LogP contribution is -2.21. The number of carbonyl (C=O) groups is 1. The molecule has 0 atom stereocenters. The predicted octanol–water partition coefficient (Wildman–Crippen LogP) is 2.68. The highest BCUT2D eigenvalue weighted by Crippen LogP contribution is 2.26. The molecule has 112 valence electrons. The van der Waals surface area contributed by atoms with E-state index < -0.39 is 5.91 Å². The van der Waals surface area contributed by atoms with E-state index in [0.29, 0.717) is 27.2 Å². The van der Waals surface area contributed by atoms with Crippen LogP contribution in [-0.4, -0.2) is 15.5 Å². The van der Waals surface area contributed by atoms with Crippen LogP contribution < -0.4 is 11.3 Å². The van der Waals surface area contributed by atoms with Gasteiger partial charge in [0.25, 0.3) is 11.5 Å². The van der Waals surface area contributed by atoms with E-state index in [0.717, 1.165) is 21.4 Å². The van der Waals surface area contributed by atoms with Crippen molar-refractivity contribution in [3.63, 3.8) is 0 Å². The summed E-state index contributed by atoms with van der Waals surface area (Å²) in [6.45, 7) is 2.15. The van der Waals surface area contributed by atoms with Crippen molar-refractivity contribution in [1.29, 1.82) is 0 Å². The number of hydrogen-bond acceptors (Lipinski definition) is 4. The van der Waals surface area contributed by atoms with Crippen LogP contribution in [0.15, 0.2) is 39.9 Å². The first kappa shape index (κ1) is 14.9. The molecule has 1 amide bonds. The first-order valence-electron chi connectivity index (χ1n) is 6.50. The van der Waals surface area contributed by atoms with Crippen LogP contribution in [0.5, 0.6) is 0 Å². The average molecular weight is 378 g/mol. The van der Waals surface area contributed by atoms with Gasteiger partial charge in [-0.25, -0.2) is 4.98 Å². The Hall–Kier alpha value is -1.99. The number of aryl methyl sites for hydroxylation is 1. The number of primary amides is 1. The lowest BCUT2D eigenvalue weighted by molar-refractivity contribution is 0.100. The second kappa shape index (κ2) is 5.66. The Morgan fingerprint density at radius 2 is 2.23 bits per heavy atom. The number of fused-ring (bicyclic) bond motifs is 1. The summed E-state index contributed by atoms with van der Waals surface area (Å²) in [5, 5.41) is 0.469. The summed E-state index contributed by atoms with van der Waals surface area (Å²) >= 11 is 4.57. The van der Waals surface area contributed by atoms with Crippen molar-refractivity contribution in [2.75, 3.05) is 0 Å². The minimum absolute atomic E-state index is 0.161. The minimum Gasteiger partial charge on any atom is -0.365 e. The molecule has 0 bridgehead atoms. The molecule has 0 saturated heterocycles. The van der Waals surface area contributed by atoms with Gasteiger partial charge in [-0.05, 0) is 30.2 Å². The van der Waals surface area contributed by atoms with Crippen LogP contribution in [0.25, 0.3) is 10.2 Å². The molecule has 1 aromatic carbocycles. The van der Waals surface area contributed by atoms with E-state index in [-0.39, 0.29) is 5.56 Å². The number of amides is 1. The highest BCUT2D eigenvalue weighted by molar-refractivity contribution is 9.10. The molecule has 0 unspecified atom stereocenters.